The molecule has 0 unspecified atom stereocenters. The van der Waals surface area contributed by atoms with Crippen LogP contribution in [0.2, 0.25) is 0 Å². The summed E-state index contributed by atoms with van der Waals surface area (Å²) in [7, 11) is 0. The molecule has 0 fully saturated rings. The molecule has 8 heteroatoms. The van der Waals surface area contributed by atoms with Crippen LogP contribution in [0.5, 0.6) is 0 Å². The molecular formula is C20H35N3O5. The van der Waals surface area contributed by atoms with Crippen LogP contribution in [-0.2, 0) is 19.1 Å². The fourth-order valence-corrected chi connectivity index (χ4v) is 3.11. The fraction of sp³-hybridized carbons (Fsp3) is 0.750. The lowest BCUT2D eigenvalue weighted by atomic mass is 9.87. The molecule has 0 spiro atoms. The summed E-state index contributed by atoms with van der Waals surface area (Å²) in [5.41, 5.74) is -0.0552. The Morgan fingerprint density at radius 1 is 1.21 bits per heavy atom. The maximum atomic E-state index is 12.4. The normalized spacial score (nSPS) is 22.5. The zero-order valence-electron chi connectivity index (χ0n) is 17.8. The van der Waals surface area contributed by atoms with Gasteiger partial charge in [-0.1, -0.05) is 13.8 Å². The first-order valence-corrected chi connectivity index (χ1v) is 9.87. The van der Waals surface area contributed by atoms with Crippen LogP contribution < -0.4 is 16.0 Å². The number of nitrogens with one attached hydrogen (secondary N) is 3. The average Bonchev–Trinajstić information content (AvgIpc) is 2.58. The van der Waals surface area contributed by atoms with Crippen molar-refractivity contribution in [3.8, 4) is 0 Å². The molecule has 0 aromatic carbocycles. The van der Waals surface area contributed by atoms with Crippen molar-refractivity contribution in [1.29, 1.82) is 0 Å². The van der Waals surface area contributed by atoms with Crippen LogP contribution in [0.4, 0.5) is 0 Å². The first kappa shape index (κ1) is 24.1. The van der Waals surface area contributed by atoms with Crippen molar-refractivity contribution in [3.05, 3.63) is 11.6 Å². The highest BCUT2D eigenvalue weighted by Gasteiger charge is 2.38. The zero-order valence-corrected chi connectivity index (χ0v) is 17.8. The predicted molar refractivity (Wildman–Crippen MR) is 107 cm³/mol. The van der Waals surface area contributed by atoms with Gasteiger partial charge in [0.05, 0.1) is 30.8 Å². The van der Waals surface area contributed by atoms with Crippen LogP contribution in [0, 0.1) is 0 Å². The van der Waals surface area contributed by atoms with Crippen LogP contribution >= 0.6 is 0 Å². The molecule has 0 aliphatic heterocycles. The Labute approximate surface area is 167 Å². The predicted octanol–water partition coefficient (Wildman–Crippen LogP) is 1.35. The second-order valence-corrected chi connectivity index (χ2v) is 8.24. The Balaban J connectivity index is 3.06. The number of rotatable bonds is 9. The number of ether oxygens (including phenoxy) is 1. The summed E-state index contributed by atoms with van der Waals surface area (Å²) in [5, 5.41) is 18.3. The SMILES string of the molecule is CCC(CC)O[C@@H]1C=C(C(=O)O)C[C@H](NC(=O)CNC(C)(C)C)[C@H]1NC(C)=O. The summed E-state index contributed by atoms with van der Waals surface area (Å²) in [6, 6.07) is -1.12. The van der Waals surface area contributed by atoms with Gasteiger partial charge < -0.3 is 25.8 Å². The van der Waals surface area contributed by atoms with Gasteiger partial charge in [-0.05, 0) is 39.7 Å². The van der Waals surface area contributed by atoms with Crippen LogP contribution in [0.25, 0.3) is 0 Å². The average molecular weight is 398 g/mol. The molecule has 0 heterocycles. The van der Waals surface area contributed by atoms with Crippen molar-refractivity contribution in [1.82, 2.24) is 16.0 Å². The van der Waals surface area contributed by atoms with E-state index < -0.39 is 24.2 Å². The third kappa shape index (κ3) is 7.98. The highest BCUT2D eigenvalue weighted by molar-refractivity contribution is 5.87. The Kier molecular flexibility index (Phi) is 9.10. The number of carboxylic acid groups (broad SMARTS) is 1. The molecule has 0 radical (unpaired) electrons. The molecule has 1 rings (SSSR count). The van der Waals surface area contributed by atoms with E-state index in [1.807, 2.05) is 34.6 Å². The van der Waals surface area contributed by atoms with Crippen molar-refractivity contribution in [2.45, 2.75) is 90.6 Å². The van der Waals surface area contributed by atoms with Crippen LogP contribution in [0.1, 0.15) is 60.8 Å². The van der Waals surface area contributed by atoms with Gasteiger partial charge in [0.15, 0.2) is 0 Å². The third-order valence-corrected chi connectivity index (χ3v) is 4.62. The number of hydrogen-bond donors (Lipinski definition) is 4. The number of aliphatic carboxylic acids is 1. The molecule has 3 atom stereocenters. The second kappa shape index (κ2) is 10.6. The second-order valence-electron chi connectivity index (χ2n) is 8.24. The van der Waals surface area contributed by atoms with Crippen molar-refractivity contribution in [3.63, 3.8) is 0 Å². The van der Waals surface area contributed by atoms with Gasteiger partial charge in [0.1, 0.15) is 0 Å². The Bertz CT molecular complexity index is 593. The van der Waals surface area contributed by atoms with E-state index in [2.05, 4.69) is 16.0 Å². The Hall–Kier alpha value is -1.93. The molecular weight excluding hydrogens is 362 g/mol. The molecule has 28 heavy (non-hydrogen) atoms. The van der Waals surface area contributed by atoms with E-state index in [1.54, 1.807) is 6.08 Å². The molecule has 1 aliphatic carbocycles. The van der Waals surface area contributed by atoms with Crippen molar-refractivity contribution in [2.75, 3.05) is 6.54 Å². The van der Waals surface area contributed by atoms with Gasteiger partial charge in [0.25, 0.3) is 0 Å². The largest absolute Gasteiger partial charge is 0.478 e. The van der Waals surface area contributed by atoms with E-state index in [0.29, 0.717) is 0 Å². The third-order valence-electron chi connectivity index (χ3n) is 4.62. The summed E-state index contributed by atoms with van der Waals surface area (Å²) < 4.78 is 6.09. The lowest BCUT2D eigenvalue weighted by Crippen LogP contribution is -2.60. The van der Waals surface area contributed by atoms with E-state index in [9.17, 15) is 19.5 Å². The number of carboxylic acids is 1. The minimum absolute atomic E-state index is 0.0652. The van der Waals surface area contributed by atoms with Crippen molar-refractivity contribution in [2.24, 2.45) is 0 Å². The van der Waals surface area contributed by atoms with Crippen molar-refractivity contribution >= 4 is 17.8 Å². The Morgan fingerprint density at radius 2 is 1.82 bits per heavy atom. The minimum Gasteiger partial charge on any atom is -0.478 e. The molecule has 0 saturated carbocycles. The zero-order chi connectivity index (χ0) is 21.5. The van der Waals surface area contributed by atoms with Gasteiger partial charge in [-0.2, -0.15) is 0 Å². The fourth-order valence-electron chi connectivity index (χ4n) is 3.11. The van der Waals surface area contributed by atoms with E-state index in [0.717, 1.165) is 12.8 Å². The maximum absolute atomic E-state index is 12.4. The van der Waals surface area contributed by atoms with E-state index in [1.165, 1.54) is 6.92 Å². The summed E-state index contributed by atoms with van der Waals surface area (Å²) in [4.78, 5) is 35.8. The molecule has 0 aromatic heterocycles. The first-order chi connectivity index (χ1) is 13.0. The number of carbonyl (C=O) groups excluding carboxylic acids is 2. The molecule has 1 aliphatic rings. The van der Waals surface area contributed by atoms with E-state index >= 15 is 0 Å². The molecule has 0 saturated heterocycles. The molecule has 4 N–H and O–H groups in total. The quantitative estimate of drug-likeness (QED) is 0.467. The smallest absolute Gasteiger partial charge is 0.331 e. The Morgan fingerprint density at radius 3 is 2.29 bits per heavy atom. The molecule has 160 valence electrons. The highest BCUT2D eigenvalue weighted by atomic mass is 16.5. The summed E-state index contributed by atoms with van der Waals surface area (Å²) in [5.74, 6) is -1.57. The van der Waals surface area contributed by atoms with Gasteiger partial charge in [-0.3, -0.25) is 9.59 Å². The monoisotopic (exact) mass is 397 g/mol. The molecule has 0 bridgehead atoms. The van der Waals surface area contributed by atoms with Crippen LogP contribution in [0.15, 0.2) is 11.6 Å². The number of amides is 2. The topological polar surface area (TPSA) is 117 Å². The van der Waals surface area contributed by atoms with Gasteiger partial charge in [0, 0.05) is 24.5 Å². The molecule has 0 aromatic rings. The summed E-state index contributed by atoms with van der Waals surface area (Å²) >= 11 is 0. The van der Waals surface area contributed by atoms with Gasteiger partial charge in [-0.15, -0.1) is 0 Å². The summed E-state index contributed by atoms with van der Waals surface area (Å²) in [6.07, 6.45) is 2.51. The van der Waals surface area contributed by atoms with Crippen LogP contribution in [-0.4, -0.2) is 59.3 Å². The first-order valence-electron chi connectivity index (χ1n) is 9.87. The van der Waals surface area contributed by atoms with Crippen molar-refractivity contribution < 1.29 is 24.2 Å². The molecule has 2 amide bonds. The highest BCUT2D eigenvalue weighted by Crippen LogP contribution is 2.24. The van der Waals surface area contributed by atoms with E-state index in [4.69, 9.17) is 4.74 Å². The lowest BCUT2D eigenvalue weighted by Gasteiger charge is -2.38. The maximum Gasteiger partial charge on any atom is 0.331 e. The van der Waals surface area contributed by atoms with E-state index in [-0.39, 0.29) is 42.0 Å². The van der Waals surface area contributed by atoms with Gasteiger partial charge >= 0.3 is 5.97 Å². The molecule has 8 nitrogen and oxygen atoms in total. The van der Waals surface area contributed by atoms with Gasteiger partial charge in [0.2, 0.25) is 11.8 Å². The van der Waals surface area contributed by atoms with Crippen LogP contribution in [0.3, 0.4) is 0 Å². The minimum atomic E-state index is -1.05. The lowest BCUT2D eigenvalue weighted by molar-refractivity contribution is -0.133. The summed E-state index contributed by atoms with van der Waals surface area (Å²) in [6.45, 7) is 11.3. The standard InChI is InChI=1S/C20H35N3O5/c1-7-14(8-2)28-16-10-13(19(26)27)9-15(18(16)22-12(3)24)23-17(25)11-21-20(4,5)6/h10,14-16,18,21H,7-9,11H2,1-6H3,(H,22,24)(H,23,25)(H,26,27)/t15-,16+,18+/m0/s1. The van der Waals surface area contributed by atoms with Gasteiger partial charge in [-0.25, -0.2) is 4.79 Å². The number of hydrogen-bond acceptors (Lipinski definition) is 5. The number of carbonyl (C=O) groups is 3.